The highest BCUT2D eigenvalue weighted by molar-refractivity contribution is 14.0. The van der Waals surface area contributed by atoms with E-state index in [0.29, 0.717) is 12.5 Å². The van der Waals surface area contributed by atoms with Gasteiger partial charge in [0.25, 0.3) is 0 Å². The van der Waals surface area contributed by atoms with E-state index in [1.54, 1.807) is 0 Å². The molecule has 0 aliphatic heterocycles. The van der Waals surface area contributed by atoms with E-state index in [1.807, 2.05) is 13.8 Å². The van der Waals surface area contributed by atoms with E-state index >= 15 is 0 Å². The maximum absolute atomic E-state index is 5.96. The van der Waals surface area contributed by atoms with Crippen LogP contribution in [0.2, 0.25) is 0 Å². The fourth-order valence-corrected chi connectivity index (χ4v) is 1.71. The lowest BCUT2D eigenvalue weighted by atomic mass is 10.1. The third-order valence-corrected chi connectivity index (χ3v) is 2.98. The van der Waals surface area contributed by atoms with Gasteiger partial charge in [-0.15, -0.1) is 24.0 Å². The van der Waals surface area contributed by atoms with Crippen molar-refractivity contribution < 1.29 is 4.74 Å². The van der Waals surface area contributed by atoms with Crippen molar-refractivity contribution in [2.75, 3.05) is 0 Å². The molecule has 0 fully saturated rings. The zero-order valence-corrected chi connectivity index (χ0v) is 16.0. The summed E-state index contributed by atoms with van der Waals surface area (Å²) in [4.78, 5) is 4.36. The normalized spacial score (nSPS) is 12.8. The van der Waals surface area contributed by atoms with E-state index in [0.717, 1.165) is 17.7 Å². The number of nitrogens with one attached hydrogen (secondary N) is 1. The lowest BCUT2D eigenvalue weighted by molar-refractivity contribution is 0.215. The van der Waals surface area contributed by atoms with Crippen molar-refractivity contribution in [1.29, 1.82) is 0 Å². The van der Waals surface area contributed by atoms with Crippen LogP contribution in [0.5, 0.6) is 5.75 Å². The molecule has 0 radical (unpaired) electrons. The number of halogens is 1. The predicted octanol–water partition coefficient (Wildman–Crippen LogP) is 3.60. The number of nitrogens with two attached hydrogens (primary N) is 1. The molecule has 0 spiro atoms. The summed E-state index contributed by atoms with van der Waals surface area (Å²) in [6, 6.07) is 6.47. The average molecular weight is 405 g/mol. The van der Waals surface area contributed by atoms with E-state index in [4.69, 9.17) is 10.5 Å². The summed E-state index contributed by atoms with van der Waals surface area (Å²) < 4.78 is 5.96. The van der Waals surface area contributed by atoms with Gasteiger partial charge in [-0.25, -0.2) is 4.99 Å². The first kappa shape index (κ1) is 20.0. The zero-order chi connectivity index (χ0) is 15.1. The Labute approximate surface area is 145 Å². The summed E-state index contributed by atoms with van der Waals surface area (Å²) in [7, 11) is 0. The highest BCUT2D eigenvalue weighted by Gasteiger charge is 2.07. The average Bonchev–Trinajstić information content (AvgIpc) is 2.36. The molecule has 0 bridgehead atoms. The number of aliphatic imine (C=N–C) groups is 1. The van der Waals surface area contributed by atoms with Crippen molar-refractivity contribution in [3.63, 3.8) is 0 Å². The van der Waals surface area contributed by atoms with Gasteiger partial charge in [0, 0.05) is 11.6 Å². The third kappa shape index (κ3) is 7.55. The van der Waals surface area contributed by atoms with Gasteiger partial charge in [-0.1, -0.05) is 19.1 Å². The minimum atomic E-state index is 0. The molecule has 4 nitrogen and oxygen atoms in total. The second-order valence-electron chi connectivity index (χ2n) is 5.45. The van der Waals surface area contributed by atoms with Gasteiger partial charge < -0.3 is 15.8 Å². The Bertz CT molecular complexity index is 461. The van der Waals surface area contributed by atoms with Crippen LogP contribution in [-0.2, 0) is 6.54 Å². The van der Waals surface area contributed by atoms with E-state index in [9.17, 15) is 0 Å². The molecule has 0 amide bonds. The highest BCUT2D eigenvalue weighted by Crippen LogP contribution is 2.23. The van der Waals surface area contributed by atoms with Crippen molar-refractivity contribution in [2.45, 2.75) is 59.7 Å². The Hall–Kier alpha value is -0.980. The molecule has 1 aromatic rings. The largest absolute Gasteiger partial charge is 0.490 e. The monoisotopic (exact) mass is 405 g/mol. The van der Waals surface area contributed by atoms with Crippen LogP contribution in [0.1, 0.15) is 45.2 Å². The number of ether oxygens (including phenoxy) is 1. The molecular formula is C16H28IN3O. The van der Waals surface area contributed by atoms with Gasteiger partial charge in [-0.05, 0) is 45.7 Å². The molecule has 0 heterocycles. The number of benzene rings is 1. The quantitative estimate of drug-likeness (QED) is 0.432. The first-order chi connectivity index (χ1) is 9.42. The molecule has 1 aromatic carbocycles. The number of hydrogen-bond donors (Lipinski definition) is 2. The number of guanidine groups is 1. The van der Waals surface area contributed by atoms with Crippen molar-refractivity contribution in [2.24, 2.45) is 10.7 Å². The van der Waals surface area contributed by atoms with Crippen LogP contribution in [0, 0.1) is 6.92 Å². The lowest BCUT2D eigenvalue weighted by Gasteiger charge is -2.16. The third-order valence-electron chi connectivity index (χ3n) is 2.98. The second kappa shape index (κ2) is 9.87. The molecule has 1 rings (SSSR count). The van der Waals surface area contributed by atoms with Gasteiger partial charge in [0.15, 0.2) is 5.96 Å². The number of rotatable bonds is 6. The van der Waals surface area contributed by atoms with Crippen LogP contribution >= 0.6 is 24.0 Å². The first-order valence-corrected chi connectivity index (χ1v) is 7.25. The molecule has 120 valence electrons. The molecule has 21 heavy (non-hydrogen) atoms. The number of aryl methyl sites for hydroxylation is 1. The maximum Gasteiger partial charge on any atom is 0.189 e. The molecule has 1 atom stereocenters. The summed E-state index contributed by atoms with van der Waals surface area (Å²) >= 11 is 0. The molecule has 0 aliphatic rings. The molecule has 0 aliphatic carbocycles. The van der Waals surface area contributed by atoms with Crippen LogP contribution in [0.3, 0.4) is 0 Å². The van der Waals surface area contributed by atoms with Gasteiger partial charge in [-0.3, -0.25) is 0 Å². The van der Waals surface area contributed by atoms with Crippen LogP contribution in [0.4, 0.5) is 0 Å². The molecular weight excluding hydrogens is 377 g/mol. The minimum absolute atomic E-state index is 0. The second-order valence-corrected chi connectivity index (χ2v) is 5.45. The maximum atomic E-state index is 5.96. The Morgan fingerprint density at radius 1 is 1.33 bits per heavy atom. The van der Waals surface area contributed by atoms with Crippen LogP contribution < -0.4 is 15.8 Å². The fraction of sp³-hybridized carbons (Fsp3) is 0.562. The van der Waals surface area contributed by atoms with Crippen molar-refractivity contribution in [3.8, 4) is 5.75 Å². The minimum Gasteiger partial charge on any atom is -0.490 e. The summed E-state index contributed by atoms with van der Waals surface area (Å²) in [5, 5.41) is 3.08. The van der Waals surface area contributed by atoms with E-state index in [-0.39, 0.29) is 36.1 Å². The Morgan fingerprint density at radius 3 is 2.57 bits per heavy atom. The summed E-state index contributed by atoms with van der Waals surface area (Å²) in [5.41, 5.74) is 8.07. The topological polar surface area (TPSA) is 59.6 Å². The molecule has 5 heteroatoms. The van der Waals surface area contributed by atoms with Crippen molar-refractivity contribution in [1.82, 2.24) is 5.32 Å². The Balaban J connectivity index is 0.00000400. The van der Waals surface area contributed by atoms with Crippen LogP contribution in [0.15, 0.2) is 23.2 Å². The van der Waals surface area contributed by atoms with E-state index in [2.05, 4.69) is 49.3 Å². The standard InChI is InChI=1S/C16H27N3O.HI/c1-6-13(5)20-15-9-12(4)7-8-14(15)10-18-16(17)19-11(2)3;/h7-9,11,13H,6,10H2,1-5H3,(H3,17,18,19);1H. The summed E-state index contributed by atoms with van der Waals surface area (Å²) in [6.07, 6.45) is 1.18. The summed E-state index contributed by atoms with van der Waals surface area (Å²) in [6.45, 7) is 10.8. The van der Waals surface area contributed by atoms with E-state index < -0.39 is 0 Å². The first-order valence-electron chi connectivity index (χ1n) is 7.25. The predicted molar refractivity (Wildman–Crippen MR) is 101 cm³/mol. The molecule has 1 unspecified atom stereocenters. The smallest absolute Gasteiger partial charge is 0.189 e. The fourth-order valence-electron chi connectivity index (χ4n) is 1.71. The molecule has 0 aromatic heterocycles. The zero-order valence-electron chi connectivity index (χ0n) is 13.6. The number of hydrogen-bond acceptors (Lipinski definition) is 2. The number of nitrogens with zero attached hydrogens (tertiary/aromatic N) is 1. The Morgan fingerprint density at radius 2 is 2.00 bits per heavy atom. The molecule has 3 N–H and O–H groups in total. The molecule has 0 saturated heterocycles. The van der Waals surface area contributed by atoms with Gasteiger partial charge in [0.05, 0.1) is 12.6 Å². The SMILES string of the molecule is CCC(C)Oc1cc(C)ccc1CN=C(N)NC(C)C.I. The van der Waals surface area contributed by atoms with Gasteiger partial charge >= 0.3 is 0 Å². The molecule has 0 saturated carbocycles. The highest BCUT2D eigenvalue weighted by atomic mass is 127. The van der Waals surface area contributed by atoms with E-state index in [1.165, 1.54) is 5.56 Å². The summed E-state index contributed by atoms with van der Waals surface area (Å²) in [5.74, 6) is 1.37. The van der Waals surface area contributed by atoms with Crippen LogP contribution in [0.25, 0.3) is 0 Å². The van der Waals surface area contributed by atoms with Gasteiger partial charge in [0.1, 0.15) is 5.75 Å². The van der Waals surface area contributed by atoms with Gasteiger partial charge in [0.2, 0.25) is 0 Å². The lowest BCUT2D eigenvalue weighted by Crippen LogP contribution is -2.36. The Kier molecular flexibility index (Phi) is 9.41. The van der Waals surface area contributed by atoms with Crippen molar-refractivity contribution >= 4 is 29.9 Å². The van der Waals surface area contributed by atoms with Crippen molar-refractivity contribution in [3.05, 3.63) is 29.3 Å². The van der Waals surface area contributed by atoms with Crippen LogP contribution in [-0.4, -0.2) is 18.1 Å². The van der Waals surface area contributed by atoms with Gasteiger partial charge in [-0.2, -0.15) is 0 Å².